The molecule has 6 rings (SSSR count). The summed E-state index contributed by atoms with van der Waals surface area (Å²) in [5.74, 6) is -0.465. The Hall–Kier alpha value is -4.71. The van der Waals surface area contributed by atoms with E-state index in [4.69, 9.17) is 16.6 Å². The quantitative estimate of drug-likeness (QED) is 0.176. The molecule has 0 spiro atoms. The second kappa shape index (κ2) is 11.8. The predicted octanol–water partition coefficient (Wildman–Crippen LogP) is 7.78. The van der Waals surface area contributed by atoms with Crippen LogP contribution in [0.1, 0.15) is 52.2 Å². The number of nitrogens with zero attached hydrogens (tertiary/aromatic N) is 2. The monoisotopic (exact) mass is 599 g/mol. The summed E-state index contributed by atoms with van der Waals surface area (Å²) in [7, 11) is 1.58. The fourth-order valence-electron chi connectivity index (χ4n) is 6.30. The summed E-state index contributed by atoms with van der Waals surface area (Å²) in [6.45, 7) is 3.98. The van der Waals surface area contributed by atoms with E-state index in [-0.39, 0.29) is 11.8 Å². The van der Waals surface area contributed by atoms with Crippen LogP contribution in [0.15, 0.2) is 134 Å². The summed E-state index contributed by atoms with van der Waals surface area (Å²) in [5, 5.41) is 17.1. The normalized spacial score (nSPS) is 13.1. The van der Waals surface area contributed by atoms with Crippen molar-refractivity contribution in [3.63, 3.8) is 0 Å². The topological polar surface area (TPSA) is 67.2 Å². The highest BCUT2D eigenvalue weighted by atomic mass is 35.5. The number of aromatic nitrogens is 2. The number of nitrogens with one attached hydrogen (secondary N) is 1. The fraction of sp³-hybridized carbons (Fsp3) is 0.158. The molecule has 1 unspecified atom stereocenters. The van der Waals surface area contributed by atoms with Gasteiger partial charge in [-0.25, -0.2) is 4.98 Å². The standard InChI is InChI=1S/C38H34ClN3O2/c1-26(2)38(44,31-20-22-32-27(23-31)19-21-33(35(32)39)36(43)40-3)34-24-42(25-41-34)37(28-13-7-4-8-14-28,29-15-9-5-10-16-29)30-17-11-6-12-18-30/h4-26,44H,1-3H3,(H,40,43). The van der Waals surface area contributed by atoms with E-state index >= 15 is 0 Å². The van der Waals surface area contributed by atoms with E-state index in [1.54, 1.807) is 13.1 Å². The second-order valence-corrected chi connectivity index (χ2v) is 11.7. The Morgan fingerprint density at radius 2 is 1.34 bits per heavy atom. The van der Waals surface area contributed by atoms with Crippen LogP contribution >= 0.6 is 11.6 Å². The minimum atomic E-state index is -1.42. The van der Waals surface area contributed by atoms with Crippen LogP contribution in [0.2, 0.25) is 5.02 Å². The molecule has 0 bridgehead atoms. The molecule has 44 heavy (non-hydrogen) atoms. The van der Waals surface area contributed by atoms with E-state index in [1.807, 2.05) is 105 Å². The first-order valence-corrected chi connectivity index (χ1v) is 15.1. The molecule has 6 heteroatoms. The number of imidazole rings is 1. The molecule has 1 aromatic heterocycles. The molecule has 220 valence electrons. The molecular formula is C38H34ClN3O2. The number of aliphatic hydroxyl groups is 1. The van der Waals surface area contributed by atoms with Crippen molar-refractivity contribution in [3.8, 4) is 0 Å². The molecule has 0 saturated heterocycles. The summed E-state index contributed by atoms with van der Waals surface area (Å²) in [4.78, 5) is 17.2. The van der Waals surface area contributed by atoms with Gasteiger partial charge < -0.3 is 15.0 Å². The highest BCUT2D eigenvalue weighted by Gasteiger charge is 2.42. The van der Waals surface area contributed by atoms with E-state index < -0.39 is 11.1 Å². The predicted molar refractivity (Wildman–Crippen MR) is 177 cm³/mol. The lowest BCUT2D eigenvalue weighted by atomic mass is 9.76. The number of hydrogen-bond acceptors (Lipinski definition) is 3. The molecule has 1 heterocycles. The third-order valence-corrected chi connectivity index (χ3v) is 9.04. The average Bonchev–Trinajstić information content (AvgIpc) is 3.57. The molecule has 0 radical (unpaired) electrons. The van der Waals surface area contributed by atoms with Gasteiger partial charge in [-0.1, -0.05) is 135 Å². The Bertz CT molecular complexity index is 1820. The fourth-order valence-corrected chi connectivity index (χ4v) is 6.63. The van der Waals surface area contributed by atoms with E-state index in [0.717, 1.165) is 27.5 Å². The average molecular weight is 600 g/mol. The van der Waals surface area contributed by atoms with Gasteiger partial charge in [0.05, 0.1) is 22.6 Å². The van der Waals surface area contributed by atoms with Gasteiger partial charge in [-0.2, -0.15) is 0 Å². The number of benzene rings is 5. The van der Waals surface area contributed by atoms with Gasteiger partial charge in [0, 0.05) is 18.6 Å². The largest absolute Gasteiger partial charge is 0.378 e. The minimum absolute atomic E-state index is 0.219. The van der Waals surface area contributed by atoms with Gasteiger partial charge >= 0.3 is 0 Å². The van der Waals surface area contributed by atoms with Crippen LogP contribution in [0, 0.1) is 5.92 Å². The Kier molecular flexibility index (Phi) is 7.85. The first-order valence-electron chi connectivity index (χ1n) is 14.7. The molecular weight excluding hydrogens is 566 g/mol. The van der Waals surface area contributed by atoms with Crippen LogP contribution in [-0.4, -0.2) is 27.6 Å². The zero-order valence-electron chi connectivity index (χ0n) is 24.9. The lowest BCUT2D eigenvalue weighted by Gasteiger charge is -2.37. The van der Waals surface area contributed by atoms with E-state index in [2.05, 4.69) is 46.3 Å². The Balaban J connectivity index is 1.56. The van der Waals surface area contributed by atoms with Gasteiger partial charge in [-0.15, -0.1) is 0 Å². The third-order valence-electron chi connectivity index (χ3n) is 8.64. The van der Waals surface area contributed by atoms with Crippen molar-refractivity contribution >= 4 is 28.3 Å². The minimum Gasteiger partial charge on any atom is -0.378 e. The zero-order valence-corrected chi connectivity index (χ0v) is 25.7. The van der Waals surface area contributed by atoms with Crippen molar-refractivity contribution in [3.05, 3.63) is 172 Å². The van der Waals surface area contributed by atoms with Crippen LogP contribution in [0.5, 0.6) is 0 Å². The molecule has 5 aromatic carbocycles. The lowest BCUT2D eigenvalue weighted by molar-refractivity contribution is 0.0279. The van der Waals surface area contributed by atoms with Gasteiger partial charge in [0.25, 0.3) is 5.91 Å². The number of rotatable bonds is 8. The highest BCUT2D eigenvalue weighted by molar-refractivity contribution is 6.38. The summed E-state index contributed by atoms with van der Waals surface area (Å²) < 4.78 is 2.11. The molecule has 1 amide bonds. The number of hydrogen-bond donors (Lipinski definition) is 2. The Morgan fingerprint density at radius 1 is 0.795 bits per heavy atom. The second-order valence-electron chi connectivity index (χ2n) is 11.3. The van der Waals surface area contributed by atoms with Gasteiger partial charge in [-0.3, -0.25) is 4.79 Å². The molecule has 0 fully saturated rings. The molecule has 0 aliphatic rings. The number of carbonyl (C=O) groups excluding carboxylic acids is 1. The first-order chi connectivity index (χ1) is 21.3. The van der Waals surface area contributed by atoms with E-state index in [0.29, 0.717) is 21.8 Å². The van der Waals surface area contributed by atoms with Gasteiger partial charge in [0.1, 0.15) is 11.1 Å². The Morgan fingerprint density at radius 3 is 1.84 bits per heavy atom. The smallest absolute Gasteiger partial charge is 0.252 e. The summed E-state index contributed by atoms with van der Waals surface area (Å²) in [6, 6.07) is 40.4. The van der Waals surface area contributed by atoms with Gasteiger partial charge in [0.2, 0.25) is 0 Å². The van der Waals surface area contributed by atoms with Crippen molar-refractivity contribution in [1.82, 2.24) is 14.9 Å². The van der Waals surface area contributed by atoms with E-state index in [1.165, 1.54) is 0 Å². The van der Waals surface area contributed by atoms with Crippen LogP contribution < -0.4 is 5.32 Å². The third kappa shape index (κ3) is 4.69. The molecule has 1 atom stereocenters. The molecule has 0 aliphatic heterocycles. The number of carbonyl (C=O) groups is 1. The van der Waals surface area contributed by atoms with Crippen molar-refractivity contribution < 1.29 is 9.90 Å². The summed E-state index contributed by atoms with van der Waals surface area (Å²) in [6.07, 6.45) is 3.79. The maximum atomic E-state index is 12.6. The summed E-state index contributed by atoms with van der Waals surface area (Å²) >= 11 is 6.65. The van der Waals surface area contributed by atoms with Crippen molar-refractivity contribution in [2.75, 3.05) is 7.05 Å². The maximum absolute atomic E-state index is 12.6. The van der Waals surface area contributed by atoms with Crippen LogP contribution in [0.25, 0.3) is 10.8 Å². The highest BCUT2D eigenvalue weighted by Crippen LogP contribution is 2.43. The maximum Gasteiger partial charge on any atom is 0.252 e. The van der Waals surface area contributed by atoms with Crippen LogP contribution in [0.3, 0.4) is 0 Å². The van der Waals surface area contributed by atoms with Crippen LogP contribution in [0.4, 0.5) is 0 Å². The zero-order chi connectivity index (χ0) is 30.9. The van der Waals surface area contributed by atoms with Crippen molar-refractivity contribution in [1.29, 1.82) is 0 Å². The van der Waals surface area contributed by atoms with Crippen molar-refractivity contribution in [2.24, 2.45) is 5.92 Å². The lowest BCUT2D eigenvalue weighted by Crippen LogP contribution is -2.37. The number of halogens is 1. The van der Waals surface area contributed by atoms with Crippen molar-refractivity contribution in [2.45, 2.75) is 25.0 Å². The molecule has 0 aliphatic carbocycles. The van der Waals surface area contributed by atoms with E-state index in [9.17, 15) is 9.90 Å². The number of fused-ring (bicyclic) bond motifs is 1. The van der Waals surface area contributed by atoms with Crippen LogP contribution in [-0.2, 0) is 11.1 Å². The Labute approximate surface area is 262 Å². The molecule has 5 nitrogen and oxygen atoms in total. The molecule has 6 aromatic rings. The molecule has 0 saturated carbocycles. The van der Waals surface area contributed by atoms with Gasteiger partial charge in [-0.05, 0) is 45.7 Å². The van der Waals surface area contributed by atoms with Gasteiger partial charge in [0.15, 0.2) is 0 Å². The SMILES string of the molecule is CNC(=O)c1ccc2cc(C(O)(c3cn(C(c4ccccc4)(c4ccccc4)c4ccccc4)cn3)C(C)C)ccc2c1Cl. The summed E-state index contributed by atoms with van der Waals surface area (Å²) in [5.41, 5.74) is 2.68. The molecule has 2 N–H and O–H groups in total. The first kappa shape index (κ1) is 29.4. The number of amides is 1.